The fourth-order valence-corrected chi connectivity index (χ4v) is 0.249. The van der Waals surface area contributed by atoms with Crippen LogP contribution in [0.3, 0.4) is 0 Å². The van der Waals surface area contributed by atoms with Crippen molar-refractivity contribution in [3.8, 4) is 0 Å². The van der Waals surface area contributed by atoms with Crippen molar-refractivity contribution in [2.75, 3.05) is 6.54 Å². The van der Waals surface area contributed by atoms with Gasteiger partial charge in [-0.2, -0.15) is 0 Å². The fraction of sp³-hybridized carbons (Fsp3) is 0.600. The molecule has 0 spiro atoms. The highest BCUT2D eigenvalue weighted by atomic mass is 16.1. The third-order valence-electron chi connectivity index (χ3n) is 0.550. The minimum atomic E-state index is 0.310. The number of hydrogen-bond donors (Lipinski definition) is 1. The highest BCUT2D eigenvalue weighted by Crippen LogP contribution is 1.83. The van der Waals surface area contributed by atoms with Gasteiger partial charge in [0.1, 0.15) is 0 Å². The van der Waals surface area contributed by atoms with Gasteiger partial charge in [-0.25, -0.2) is 0 Å². The first-order valence-electron chi connectivity index (χ1n) is 2.27. The second-order valence-electron chi connectivity index (χ2n) is 1.63. The lowest BCUT2D eigenvalue weighted by atomic mass is 10.2. The molecule has 0 bridgehead atoms. The van der Waals surface area contributed by atoms with Gasteiger partial charge in [0.25, 0.3) is 0 Å². The largest absolute Gasteiger partial charge is 0.358 e. The summed E-state index contributed by atoms with van der Waals surface area (Å²) in [5.74, 6) is 0.310. The number of carbonyl (C=O) groups excluding carboxylic acids is 1. The molecule has 1 atom stereocenters. The molecule has 0 aromatic carbocycles. The van der Waals surface area contributed by atoms with Crippen molar-refractivity contribution in [2.24, 2.45) is 5.92 Å². The standard InChI is InChI=1S/C5H10NO/c1-5(2)3-6-4-7/h4-5H,1,3H2,2H3,(H,6,7). The van der Waals surface area contributed by atoms with Crippen LogP contribution in [-0.2, 0) is 4.79 Å². The topological polar surface area (TPSA) is 29.1 Å². The van der Waals surface area contributed by atoms with Gasteiger partial charge < -0.3 is 5.32 Å². The Labute approximate surface area is 43.9 Å². The summed E-state index contributed by atoms with van der Waals surface area (Å²) in [6.45, 7) is 6.27. The van der Waals surface area contributed by atoms with Gasteiger partial charge in [-0.15, -0.1) is 0 Å². The van der Waals surface area contributed by atoms with E-state index in [-0.39, 0.29) is 0 Å². The zero-order chi connectivity index (χ0) is 5.70. The summed E-state index contributed by atoms with van der Waals surface area (Å²) in [5, 5.41) is 2.50. The molecule has 0 fully saturated rings. The van der Waals surface area contributed by atoms with Crippen molar-refractivity contribution in [3.05, 3.63) is 6.92 Å². The van der Waals surface area contributed by atoms with Gasteiger partial charge in [0.15, 0.2) is 0 Å². The minimum Gasteiger partial charge on any atom is -0.358 e. The summed E-state index contributed by atoms with van der Waals surface area (Å²) in [4.78, 5) is 9.57. The molecule has 0 saturated heterocycles. The van der Waals surface area contributed by atoms with Crippen LogP contribution in [0.2, 0.25) is 0 Å². The maximum atomic E-state index is 9.57. The molecule has 1 radical (unpaired) electrons. The van der Waals surface area contributed by atoms with Crippen LogP contribution in [0.15, 0.2) is 0 Å². The van der Waals surface area contributed by atoms with E-state index in [9.17, 15) is 4.79 Å². The summed E-state index contributed by atoms with van der Waals surface area (Å²) in [6, 6.07) is 0. The first-order chi connectivity index (χ1) is 3.27. The van der Waals surface area contributed by atoms with Crippen molar-refractivity contribution in [1.82, 2.24) is 5.32 Å². The van der Waals surface area contributed by atoms with Crippen LogP contribution < -0.4 is 5.32 Å². The van der Waals surface area contributed by atoms with Crippen molar-refractivity contribution >= 4 is 6.41 Å². The molecule has 0 heterocycles. The number of amides is 1. The second-order valence-corrected chi connectivity index (χ2v) is 1.63. The molecule has 1 unspecified atom stereocenters. The quantitative estimate of drug-likeness (QED) is 0.504. The van der Waals surface area contributed by atoms with E-state index in [0.717, 1.165) is 0 Å². The number of carbonyl (C=O) groups is 1. The lowest BCUT2D eigenvalue weighted by molar-refractivity contribution is -0.109. The van der Waals surface area contributed by atoms with Crippen LogP contribution in [0.25, 0.3) is 0 Å². The zero-order valence-electron chi connectivity index (χ0n) is 4.48. The van der Waals surface area contributed by atoms with Crippen LogP contribution in [0.1, 0.15) is 6.92 Å². The molecular weight excluding hydrogens is 90.1 g/mol. The van der Waals surface area contributed by atoms with E-state index >= 15 is 0 Å². The van der Waals surface area contributed by atoms with Crippen molar-refractivity contribution in [2.45, 2.75) is 6.92 Å². The minimum absolute atomic E-state index is 0.310. The Kier molecular flexibility index (Phi) is 3.38. The number of rotatable bonds is 3. The predicted molar refractivity (Wildman–Crippen MR) is 28.6 cm³/mol. The lowest BCUT2D eigenvalue weighted by Crippen LogP contribution is -2.16. The SMILES string of the molecule is [CH2]C(C)CNC=O. The molecule has 0 aliphatic rings. The molecule has 0 aromatic heterocycles. The Morgan fingerprint density at radius 1 is 2.00 bits per heavy atom. The summed E-state index contributed by atoms with van der Waals surface area (Å²) in [6.07, 6.45) is 0.682. The molecule has 41 valence electrons. The van der Waals surface area contributed by atoms with Gasteiger partial charge >= 0.3 is 0 Å². The Bertz CT molecular complexity index is 52.0. The average molecular weight is 100 g/mol. The van der Waals surface area contributed by atoms with E-state index < -0.39 is 0 Å². The first kappa shape index (κ1) is 6.47. The van der Waals surface area contributed by atoms with Crippen LogP contribution in [0.5, 0.6) is 0 Å². The number of nitrogens with one attached hydrogen (secondary N) is 1. The Morgan fingerprint density at radius 2 is 2.57 bits per heavy atom. The molecule has 1 amide bonds. The summed E-state index contributed by atoms with van der Waals surface area (Å²) in [7, 11) is 0. The molecule has 0 aromatic rings. The summed E-state index contributed by atoms with van der Waals surface area (Å²) in [5.41, 5.74) is 0. The van der Waals surface area contributed by atoms with Gasteiger partial charge in [0, 0.05) is 6.54 Å². The predicted octanol–water partition coefficient (Wildman–Crippen LogP) is 0.203. The van der Waals surface area contributed by atoms with E-state index in [1.54, 1.807) is 0 Å². The van der Waals surface area contributed by atoms with Gasteiger partial charge in [-0.05, 0) is 12.8 Å². The molecule has 0 aliphatic carbocycles. The number of hydrogen-bond acceptors (Lipinski definition) is 1. The van der Waals surface area contributed by atoms with Gasteiger partial charge in [-0.3, -0.25) is 4.79 Å². The molecular formula is C5H10NO. The molecule has 0 saturated carbocycles. The zero-order valence-corrected chi connectivity index (χ0v) is 4.48. The van der Waals surface area contributed by atoms with Crippen LogP contribution in [0.4, 0.5) is 0 Å². The Balaban J connectivity index is 2.81. The van der Waals surface area contributed by atoms with Crippen LogP contribution >= 0.6 is 0 Å². The van der Waals surface area contributed by atoms with E-state index in [0.29, 0.717) is 18.9 Å². The average Bonchev–Trinajstić information content (AvgIpc) is 1.61. The highest BCUT2D eigenvalue weighted by molar-refractivity contribution is 5.45. The van der Waals surface area contributed by atoms with Gasteiger partial charge in [0.05, 0.1) is 0 Å². The van der Waals surface area contributed by atoms with E-state index in [1.807, 2.05) is 6.92 Å². The summed E-state index contributed by atoms with van der Waals surface area (Å²) >= 11 is 0. The Morgan fingerprint density at radius 3 is 2.71 bits per heavy atom. The second kappa shape index (κ2) is 3.65. The van der Waals surface area contributed by atoms with Crippen molar-refractivity contribution in [1.29, 1.82) is 0 Å². The third kappa shape index (κ3) is 5.47. The monoisotopic (exact) mass is 100 g/mol. The maximum absolute atomic E-state index is 9.57. The first-order valence-corrected chi connectivity index (χ1v) is 2.27. The normalized spacial score (nSPS) is 9.00. The van der Waals surface area contributed by atoms with E-state index in [1.165, 1.54) is 0 Å². The lowest BCUT2D eigenvalue weighted by Gasteiger charge is -1.98. The molecule has 0 aliphatic heterocycles. The van der Waals surface area contributed by atoms with E-state index in [2.05, 4.69) is 12.2 Å². The van der Waals surface area contributed by atoms with Crippen molar-refractivity contribution in [3.63, 3.8) is 0 Å². The van der Waals surface area contributed by atoms with Gasteiger partial charge in [0.2, 0.25) is 6.41 Å². The summed E-state index contributed by atoms with van der Waals surface area (Å²) < 4.78 is 0. The molecule has 2 heteroatoms. The smallest absolute Gasteiger partial charge is 0.207 e. The van der Waals surface area contributed by atoms with Gasteiger partial charge in [-0.1, -0.05) is 6.92 Å². The molecule has 7 heavy (non-hydrogen) atoms. The third-order valence-corrected chi connectivity index (χ3v) is 0.550. The highest BCUT2D eigenvalue weighted by Gasteiger charge is 1.86. The molecule has 1 N–H and O–H groups in total. The fourth-order valence-electron chi connectivity index (χ4n) is 0.249. The van der Waals surface area contributed by atoms with Crippen molar-refractivity contribution < 1.29 is 4.79 Å². The van der Waals surface area contributed by atoms with E-state index in [4.69, 9.17) is 0 Å². The van der Waals surface area contributed by atoms with Crippen LogP contribution in [-0.4, -0.2) is 13.0 Å². The Hall–Kier alpha value is -0.530. The molecule has 2 nitrogen and oxygen atoms in total. The molecule has 0 rings (SSSR count). The van der Waals surface area contributed by atoms with Crippen LogP contribution in [0, 0.1) is 12.8 Å². The maximum Gasteiger partial charge on any atom is 0.207 e.